The fourth-order valence-electron chi connectivity index (χ4n) is 2.36. The Morgan fingerprint density at radius 2 is 1.86 bits per heavy atom. The molecule has 0 unspecified atom stereocenters. The molecule has 0 aliphatic rings. The van der Waals surface area contributed by atoms with Crippen molar-refractivity contribution in [2.45, 2.75) is 24.5 Å². The number of rotatable bonds is 9. The predicted molar refractivity (Wildman–Crippen MR) is 101 cm³/mol. The number of sulfone groups is 1. The van der Waals surface area contributed by atoms with E-state index in [0.29, 0.717) is 18.3 Å². The van der Waals surface area contributed by atoms with Gasteiger partial charge in [-0.15, -0.1) is 0 Å². The van der Waals surface area contributed by atoms with E-state index in [1.807, 2.05) is 13.8 Å². The molecule has 1 amide bonds. The largest absolute Gasteiger partial charge is 0.370 e. The third-order valence-corrected chi connectivity index (χ3v) is 5.02. The van der Waals surface area contributed by atoms with Gasteiger partial charge >= 0.3 is 5.76 Å². The van der Waals surface area contributed by atoms with Gasteiger partial charge in [0.15, 0.2) is 0 Å². The number of anilines is 2. The van der Waals surface area contributed by atoms with Crippen LogP contribution >= 0.6 is 0 Å². The van der Waals surface area contributed by atoms with Crippen molar-refractivity contribution >= 4 is 27.5 Å². The number of carbonyl (C=O) groups excluding carboxylic acids is 1. The van der Waals surface area contributed by atoms with Gasteiger partial charge in [-0.1, -0.05) is 12.1 Å². The van der Waals surface area contributed by atoms with Crippen molar-refractivity contribution < 1.29 is 22.0 Å². The second-order valence-corrected chi connectivity index (χ2v) is 7.62. The fraction of sp³-hybridized carbons (Fsp3) is 0.353. The van der Waals surface area contributed by atoms with E-state index in [4.69, 9.17) is 0 Å². The molecule has 0 fully saturated rings. The summed E-state index contributed by atoms with van der Waals surface area (Å²) in [5.74, 6) is -3.34. The fourth-order valence-corrected chi connectivity index (χ4v) is 3.29. The number of benzene rings is 1. The maximum Gasteiger partial charge on any atom is 0.341 e. The van der Waals surface area contributed by atoms with Crippen LogP contribution in [0.3, 0.4) is 0 Å². The summed E-state index contributed by atoms with van der Waals surface area (Å²) >= 11 is 0. The zero-order valence-corrected chi connectivity index (χ0v) is 16.2. The Morgan fingerprint density at radius 1 is 1.14 bits per heavy atom. The van der Waals surface area contributed by atoms with Crippen molar-refractivity contribution in [1.82, 2.24) is 15.3 Å². The van der Waals surface area contributed by atoms with E-state index in [0.717, 1.165) is 11.8 Å². The maximum absolute atomic E-state index is 12.8. The summed E-state index contributed by atoms with van der Waals surface area (Å²) in [4.78, 5) is 20.0. The van der Waals surface area contributed by atoms with E-state index in [1.165, 1.54) is 18.2 Å². The minimum atomic E-state index is -4.88. The van der Waals surface area contributed by atoms with E-state index in [-0.39, 0.29) is 18.7 Å². The second-order valence-electron chi connectivity index (χ2n) is 5.73. The van der Waals surface area contributed by atoms with Gasteiger partial charge in [0.1, 0.15) is 5.82 Å². The van der Waals surface area contributed by atoms with Crippen LogP contribution in [0.25, 0.3) is 0 Å². The molecule has 0 aliphatic heterocycles. The molecule has 0 bridgehead atoms. The van der Waals surface area contributed by atoms with Crippen molar-refractivity contribution in [2.75, 3.05) is 30.3 Å². The molecule has 11 heteroatoms. The van der Waals surface area contributed by atoms with E-state index < -0.39 is 26.4 Å². The number of aromatic nitrogens is 2. The Balaban J connectivity index is 1.99. The third-order valence-electron chi connectivity index (χ3n) is 3.58. The Labute approximate surface area is 161 Å². The van der Waals surface area contributed by atoms with Gasteiger partial charge in [0.25, 0.3) is 5.91 Å². The molecule has 0 atom stereocenters. The normalized spacial score (nSPS) is 11.3. The first-order chi connectivity index (χ1) is 13.3. The highest BCUT2D eigenvalue weighted by Gasteiger charge is 2.30. The van der Waals surface area contributed by atoms with Crippen molar-refractivity contribution in [2.24, 2.45) is 0 Å². The van der Waals surface area contributed by atoms with Crippen molar-refractivity contribution in [3.8, 4) is 0 Å². The number of carbonyl (C=O) groups is 1. The summed E-state index contributed by atoms with van der Waals surface area (Å²) in [6, 6.07) is 6.64. The van der Waals surface area contributed by atoms with Crippen LogP contribution in [0.4, 0.5) is 20.5 Å². The Hall–Kier alpha value is -2.82. The molecule has 28 heavy (non-hydrogen) atoms. The number of hydrogen-bond donors (Lipinski definition) is 3. The average molecular weight is 413 g/mol. The van der Waals surface area contributed by atoms with E-state index in [2.05, 4.69) is 25.9 Å². The zero-order chi connectivity index (χ0) is 20.7. The monoisotopic (exact) mass is 413 g/mol. The summed E-state index contributed by atoms with van der Waals surface area (Å²) in [5.41, 5.74) is 0.424. The van der Waals surface area contributed by atoms with Crippen LogP contribution in [0, 0.1) is 6.92 Å². The van der Waals surface area contributed by atoms with Crippen molar-refractivity contribution in [3.05, 3.63) is 41.6 Å². The molecular formula is C17H21F2N5O3S. The van der Waals surface area contributed by atoms with Crippen LogP contribution in [-0.4, -0.2) is 49.7 Å². The topological polar surface area (TPSA) is 113 Å². The van der Waals surface area contributed by atoms with Gasteiger partial charge in [-0.25, -0.2) is 13.4 Å². The lowest BCUT2D eigenvalue weighted by Gasteiger charge is -2.11. The predicted octanol–water partition coefficient (Wildman–Crippen LogP) is 2.06. The van der Waals surface area contributed by atoms with E-state index in [9.17, 15) is 22.0 Å². The number of nitrogens with one attached hydrogen (secondary N) is 3. The SMILES string of the molecule is CCNc1cc(C)nc(NCCNC(=O)c2ccccc2S(=O)(=O)C(F)F)n1. The minimum absolute atomic E-state index is 0.107. The first-order valence-electron chi connectivity index (χ1n) is 8.48. The molecule has 8 nitrogen and oxygen atoms in total. The Morgan fingerprint density at radius 3 is 2.54 bits per heavy atom. The lowest BCUT2D eigenvalue weighted by molar-refractivity contribution is 0.0951. The molecule has 2 rings (SSSR count). The highest BCUT2D eigenvalue weighted by molar-refractivity contribution is 7.91. The van der Waals surface area contributed by atoms with Gasteiger partial charge < -0.3 is 16.0 Å². The molecular weight excluding hydrogens is 392 g/mol. The molecule has 0 radical (unpaired) electrons. The number of alkyl halides is 2. The zero-order valence-electron chi connectivity index (χ0n) is 15.4. The van der Waals surface area contributed by atoms with Gasteiger partial charge in [-0.05, 0) is 26.0 Å². The summed E-state index contributed by atoms with van der Waals surface area (Å²) < 4.78 is 49.1. The average Bonchev–Trinajstić information content (AvgIpc) is 2.64. The van der Waals surface area contributed by atoms with Crippen LogP contribution in [0.2, 0.25) is 0 Å². The molecule has 0 saturated heterocycles. The molecule has 152 valence electrons. The lowest BCUT2D eigenvalue weighted by Crippen LogP contribution is -2.30. The summed E-state index contributed by atoms with van der Waals surface area (Å²) in [7, 11) is -4.88. The summed E-state index contributed by atoms with van der Waals surface area (Å²) in [6.07, 6.45) is 0. The molecule has 1 aromatic carbocycles. The molecule has 0 aliphatic carbocycles. The molecule has 0 spiro atoms. The van der Waals surface area contributed by atoms with Crippen molar-refractivity contribution in [1.29, 1.82) is 0 Å². The standard InChI is InChI=1S/C17H21F2N5O3S/c1-3-20-14-10-11(2)23-17(24-14)22-9-8-21-15(25)12-6-4-5-7-13(12)28(26,27)16(18)19/h4-7,10,16H,3,8-9H2,1-2H3,(H,21,25)(H2,20,22,23,24). The van der Waals surface area contributed by atoms with Crippen molar-refractivity contribution in [3.63, 3.8) is 0 Å². The summed E-state index contributed by atoms with van der Waals surface area (Å²) in [6.45, 7) is 4.81. The first kappa shape index (κ1) is 21.5. The van der Waals surface area contributed by atoms with E-state index >= 15 is 0 Å². The van der Waals surface area contributed by atoms with Crippen LogP contribution in [0.15, 0.2) is 35.2 Å². The van der Waals surface area contributed by atoms with E-state index in [1.54, 1.807) is 6.07 Å². The maximum atomic E-state index is 12.8. The molecule has 1 aromatic heterocycles. The van der Waals surface area contributed by atoms with Gasteiger partial charge in [-0.3, -0.25) is 4.79 Å². The first-order valence-corrected chi connectivity index (χ1v) is 10.0. The number of aryl methyl sites for hydroxylation is 1. The van der Waals surface area contributed by atoms with Crippen LogP contribution < -0.4 is 16.0 Å². The van der Waals surface area contributed by atoms with Gasteiger partial charge in [0.05, 0.1) is 10.5 Å². The quantitative estimate of drug-likeness (QED) is 0.539. The Bertz CT molecular complexity index is 938. The molecule has 0 saturated carbocycles. The number of amides is 1. The van der Waals surface area contributed by atoms with Crippen LogP contribution in [0.1, 0.15) is 23.0 Å². The number of nitrogens with zero attached hydrogens (tertiary/aromatic N) is 2. The van der Waals surface area contributed by atoms with Gasteiger partial charge in [-0.2, -0.15) is 13.8 Å². The van der Waals surface area contributed by atoms with Gasteiger partial charge in [0, 0.05) is 31.4 Å². The molecule has 1 heterocycles. The lowest BCUT2D eigenvalue weighted by atomic mass is 10.2. The molecule has 3 N–H and O–H groups in total. The highest BCUT2D eigenvalue weighted by Crippen LogP contribution is 2.22. The minimum Gasteiger partial charge on any atom is -0.370 e. The number of hydrogen-bond acceptors (Lipinski definition) is 7. The van der Waals surface area contributed by atoms with Crippen LogP contribution in [-0.2, 0) is 9.84 Å². The third kappa shape index (κ3) is 5.35. The smallest absolute Gasteiger partial charge is 0.341 e. The van der Waals surface area contributed by atoms with Gasteiger partial charge in [0.2, 0.25) is 15.8 Å². The Kier molecular flexibility index (Phi) is 7.21. The highest BCUT2D eigenvalue weighted by atomic mass is 32.2. The number of halogens is 2. The summed E-state index contributed by atoms with van der Waals surface area (Å²) in [5, 5.41) is 8.50. The molecule has 2 aromatic rings. The second kappa shape index (κ2) is 9.40. The van der Waals surface area contributed by atoms with Crippen LogP contribution in [0.5, 0.6) is 0 Å².